The Labute approximate surface area is 99.9 Å². The molecule has 0 saturated carbocycles. The van der Waals surface area contributed by atoms with Crippen molar-refractivity contribution in [3.05, 3.63) is 0 Å². The zero-order valence-corrected chi connectivity index (χ0v) is 11.3. The minimum atomic E-state index is -0.101. The van der Waals surface area contributed by atoms with E-state index in [1.807, 2.05) is 6.92 Å². The normalized spacial score (nSPS) is 14.5. The highest BCUT2D eigenvalue weighted by molar-refractivity contribution is 5.70. The number of nitrogens with one attached hydrogen (secondary N) is 1. The largest absolute Gasteiger partial charge is 0.466 e. The van der Waals surface area contributed by atoms with Crippen LogP contribution in [-0.2, 0) is 9.53 Å². The van der Waals surface area contributed by atoms with Crippen LogP contribution in [0.5, 0.6) is 0 Å². The molecule has 0 bridgehead atoms. The first-order chi connectivity index (χ1) is 7.58. The van der Waals surface area contributed by atoms with Gasteiger partial charge in [0.2, 0.25) is 0 Å². The smallest absolute Gasteiger partial charge is 0.307 e. The molecule has 1 atom stereocenters. The molecule has 0 spiro atoms. The van der Waals surface area contributed by atoms with Crippen molar-refractivity contribution in [2.45, 2.75) is 65.3 Å². The van der Waals surface area contributed by atoms with Gasteiger partial charge < -0.3 is 10.1 Å². The van der Waals surface area contributed by atoms with E-state index in [0.717, 1.165) is 13.0 Å². The van der Waals surface area contributed by atoms with Crippen molar-refractivity contribution in [3.8, 4) is 0 Å². The topological polar surface area (TPSA) is 38.3 Å². The molecular formula is C13H27NO2. The first-order valence-electron chi connectivity index (χ1n) is 6.48. The summed E-state index contributed by atoms with van der Waals surface area (Å²) in [5.41, 5.74) is -0.101. The van der Waals surface area contributed by atoms with Crippen LogP contribution in [0.25, 0.3) is 0 Å². The number of esters is 1. The van der Waals surface area contributed by atoms with E-state index < -0.39 is 0 Å². The number of rotatable bonds is 9. The molecule has 3 heteroatoms. The molecule has 0 aromatic carbocycles. The lowest BCUT2D eigenvalue weighted by atomic mass is 9.90. The maximum Gasteiger partial charge on any atom is 0.307 e. The molecule has 0 rings (SSSR count). The van der Waals surface area contributed by atoms with Gasteiger partial charge in [-0.3, -0.25) is 4.79 Å². The summed E-state index contributed by atoms with van der Waals surface area (Å²) < 4.78 is 5.01. The molecule has 0 fully saturated rings. The van der Waals surface area contributed by atoms with E-state index >= 15 is 0 Å². The Balaban J connectivity index is 4.14. The lowest BCUT2D eigenvalue weighted by Crippen LogP contribution is -2.44. The van der Waals surface area contributed by atoms with Crippen molar-refractivity contribution in [2.75, 3.05) is 13.2 Å². The number of carbonyl (C=O) groups is 1. The Hall–Kier alpha value is -0.570. The van der Waals surface area contributed by atoms with Gasteiger partial charge in [-0.1, -0.05) is 33.1 Å². The summed E-state index contributed by atoms with van der Waals surface area (Å²) in [5, 5.41) is 3.41. The van der Waals surface area contributed by atoms with E-state index in [-0.39, 0.29) is 11.5 Å². The van der Waals surface area contributed by atoms with Crippen LogP contribution in [0.15, 0.2) is 0 Å². The average molecular weight is 229 g/mol. The van der Waals surface area contributed by atoms with Gasteiger partial charge in [0.25, 0.3) is 0 Å². The number of ether oxygens (including phenoxy) is 1. The van der Waals surface area contributed by atoms with Crippen molar-refractivity contribution < 1.29 is 9.53 Å². The summed E-state index contributed by atoms with van der Waals surface area (Å²) in [5.74, 6) is -0.0950. The second-order valence-corrected chi connectivity index (χ2v) is 4.53. The Morgan fingerprint density at radius 2 is 1.94 bits per heavy atom. The highest BCUT2D eigenvalue weighted by Crippen LogP contribution is 2.19. The summed E-state index contributed by atoms with van der Waals surface area (Å²) in [7, 11) is 0. The molecule has 0 saturated heterocycles. The van der Waals surface area contributed by atoms with Crippen LogP contribution < -0.4 is 5.32 Å². The minimum absolute atomic E-state index is 0.0950. The van der Waals surface area contributed by atoms with Gasteiger partial charge >= 0.3 is 5.97 Å². The molecule has 0 aliphatic rings. The standard InChI is InChI=1S/C13H27NO2/c1-5-8-9-10-13(4,14-6-2)11-12(15)16-7-3/h14H,5-11H2,1-4H3. The molecule has 1 unspecified atom stereocenters. The van der Waals surface area contributed by atoms with Gasteiger partial charge in [-0.25, -0.2) is 0 Å². The highest BCUT2D eigenvalue weighted by Gasteiger charge is 2.26. The van der Waals surface area contributed by atoms with Gasteiger partial charge in [-0.05, 0) is 26.8 Å². The van der Waals surface area contributed by atoms with Gasteiger partial charge in [0.05, 0.1) is 13.0 Å². The maximum atomic E-state index is 11.5. The summed E-state index contributed by atoms with van der Waals surface area (Å²) in [4.78, 5) is 11.5. The van der Waals surface area contributed by atoms with E-state index in [9.17, 15) is 4.79 Å². The van der Waals surface area contributed by atoms with Crippen LogP contribution in [0.4, 0.5) is 0 Å². The van der Waals surface area contributed by atoms with Gasteiger partial charge in [-0.15, -0.1) is 0 Å². The quantitative estimate of drug-likeness (QED) is 0.488. The molecule has 0 aliphatic carbocycles. The number of carbonyl (C=O) groups excluding carboxylic acids is 1. The second-order valence-electron chi connectivity index (χ2n) is 4.53. The van der Waals surface area contributed by atoms with Crippen molar-refractivity contribution in [1.82, 2.24) is 5.32 Å². The third-order valence-corrected chi connectivity index (χ3v) is 2.78. The number of hydrogen-bond acceptors (Lipinski definition) is 3. The van der Waals surface area contributed by atoms with Crippen molar-refractivity contribution >= 4 is 5.97 Å². The predicted octanol–water partition coefficient (Wildman–Crippen LogP) is 2.89. The van der Waals surface area contributed by atoms with E-state index in [4.69, 9.17) is 4.74 Å². The molecular weight excluding hydrogens is 202 g/mol. The van der Waals surface area contributed by atoms with Gasteiger partial charge in [0.1, 0.15) is 0 Å². The molecule has 0 aromatic rings. The first kappa shape index (κ1) is 15.4. The van der Waals surface area contributed by atoms with E-state index in [1.165, 1.54) is 19.3 Å². The predicted molar refractivity (Wildman–Crippen MR) is 67.5 cm³/mol. The molecule has 0 aliphatic heterocycles. The first-order valence-corrected chi connectivity index (χ1v) is 6.48. The zero-order chi connectivity index (χ0) is 12.4. The number of hydrogen-bond donors (Lipinski definition) is 1. The van der Waals surface area contributed by atoms with Crippen LogP contribution >= 0.6 is 0 Å². The van der Waals surface area contributed by atoms with E-state index in [0.29, 0.717) is 13.0 Å². The number of unbranched alkanes of at least 4 members (excludes halogenated alkanes) is 2. The van der Waals surface area contributed by atoms with Crippen molar-refractivity contribution in [3.63, 3.8) is 0 Å². The summed E-state index contributed by atoms with van der Waals surface area (Å²) in [6, 6.07) is 0. The fraction of sp³-hybridized carbons (Fsp3) is 0.923. The maximum absolute atomic E-state index is 11.5. The lowest BCUT2D eigenvalue weighted by molar-refractivity contribution is -0.144. The van der Waals surface area contributed by atoms with Crippen molar-refractivity contribution in [1.29, 1.82) is 0 Å². The third kappa shape index (κ3) is 6.83. The second kappa shape index (κ2) is 8.57. The average Bonchev–Trinajstić information content (AvgIpc) is 2.18. The Morgan fingerprint density at radius 3 is 2.44 bits per heavy atom. The molecule has 1 N–H and O–H groups in total. The molecule has 0 radical (unpaired) electrons. The van der Waals surface area contributed by atoms with Crippen LogP contribution in [-0.4, -0.2) is 24.7 Å². The molecule has 16 heavy (non-hydrogen) atoms. The summed E-state index contributed by atoms with van der Waals surface area (Å²) in [6.07, 6.45) is 5.11. The van der Waals surface area contributed by atoms with Crippen LogP contribution in [0.2, 0.25) is 0 Å². The molecule has 96 valence electrons. The Kier molecular flexibility index (Phi) is 8.26. The van der Waals surface area contributed by atoms with Gasteiger partial charge in [-0.2, -0.15) is 0 Å². The van der Waals surface area contributed by atoms with Crippen LogP contribution in [0.3, 0.4) is 0 Å². The SMILES string of the molecule is CCCCCC(C)(CC(=O)OCC)NCC. The minimum Gasteiger partial charge on any atom is -0.466 e. The van der Waals surface area contributed by atoms with Crippen molar-refractivity contribution in [2.24, 2.45) is 0 Å². The molecule has 3 nitrogen and oxygen atoms in total. The molecule has 0 aromatic heterocycles. The van der Waals surface area contributed by atoms with Gasteiger partial charge in [0.15, 0.2) is 0 Å². The summed E-state index contributed by atoms with van der Waals surface area (Å²) >= 11 is 0. The zero-order valence-electron chi connectivity index (χ0n) is 11.3. The summed E-state index contributed by atoms with van der Waals surface area (Å²) in [6.45, 7) is 9.58. The van der Waals surface area contributed by atoms with Gasteiger partial charge in [0, 0.05) is 5.54 Å². The lowest BCUT2D eigenvalue weighted by Gasteiger charge is -2.29. The third-order valence-electron chi connectivity index (χ3n) is 2.78. The van der Waals surface area contributed by atoms with Crippen LogP contribution in [0.1, 0.15) is 59.8 Å². The Bertz CT molecular complexity index is 194. The fourth-order valence-corrected chi connectivity index (χ4v) is 1.96. The molecule has 0 heterocycles. The van der Waals surface area contributed by atoms with Crippen LogP contribution in [0, 0.1) is 0 Å². The van der Waals surface area contributed by atoms with E-state index in [2.05, 4.69) is 26.1 Å². The molecule has 0 amide bonds. The fourth-order valence-electron chi connectivity index (χ4n) is 1.96. The Morgan fingerprint density at radius 1 is 1.25 bits per heavy atom. The van der Waals surface area contributed by atoms with E-state index in [1.54, 1.807) is 0 Å². The highest BCUT2D eigenvalue weighted by atomic mass is 16.5. The monoisotopic (exact) mass is 229 g/mol.